The Balaban J connectivity index is 1.50. The average molecular weight is 722 g/mol. The van der Waals surface area contributed by atoms with Crippen molar-refractivity contribution < 1.29 is 32.3 Å². The van der Waals surface area contributed by atoms with Gasteiger partial charge in [0.25, 0.3) is 5.91 Å². The highest BCUT2D eigenvalue weighted by Crippen LogP contribution is 2.47. The van der Waals surface area contributed by atoms with Gasteiger partial charge in [-0.25, -0.2) is 13.2 Å². The summed E-state index contributed by atoms with van der Waals surface area (Å²) in [4.78, 5) is 57.1. The van der Waals surface area contributed by atoms with Crippen LogP contribution in [0.5, 0.6) is 0 Å². The third-order valence-corrected chi connectivity index (χ3v) is 11.8. The molecule has 5 rings (SSSR count). The maximum atomic E-state index is 14.7. The first kappa shape index (κ1) is 38.0. The molecule has 1 heterocycles. The number of nitrogens with one attached hydrogen (secondary N) is 4. The summed E-state index contributed by atoms with van der Waals surface area (Å²) in [5.41, 5.74) is -1.28. The fourth-order valence-corrected chi connectivity index (χ4v) is 8.12. The molecule has 0 bridgehead atoms. The van der Waals surface area contributed by atoms with E-state index in [1.807, 2.05) is 96.1 Å². The first-order valence-corrected chi connectivity index (χ1v) is 18.9. The van der Waals surface area contributed by atoms with Gasteiger partial charge in [-0.05, 0) is 62.1 Å². The third-order valence-electron chi connectivity index (χ3n) is 9.95. The van der Waals surface area contributed by atoms with Crippen LogP contribution in [0.1, 0.15) is 72.8 Å². The molecule has 5 atom stereocenters. The van der Waals surface area contributed by atoms with Gasteiger partial charge in [-0.1, -0.05) is 81.4 Å². The lowest BCUT2D eigenvalue weighted by atomic mass is 9.85. The molecule has 3 aliphatic rings. The van der Waals surface area contributed by atoms with E-state index in [1.165, 1.54) is 18.1 Å². The van der Waals surface area contributed by atoms with Crippen molar-refractivity contribution in [1.29, 1.82) is 0 Å². The Morgan fingerprint density at radius 3 is 2.06 bits per heavy atom. The number of hydrogen-bond acceptors (Lipinski definition) is 7. The van der Waals surface area contributed by atoms with E-state index in [-0.39, 0.29) is 19.4 Å². The number of benzene rings is 2. The van der Waals surface area contributed by atoms with Gasteiger partial charge >= 0.3 is 6.03 Å². The number of ether oxygens (including phenoxy) is 1. The number of likely N-dealkylation sites (tertiary alicyclic amines) is 1. The molecule has 0 aromatic heterocycles. The highest BCUT2D eigenvalue weighted by Gasteiger charge is 2.62. The minimum absolute atomic E-state index is 0.0274. The van der Waals surface area contributed by atoms with Gasteiger partial charge in [-0.3, -0.25) is 19.1 Å². The molecule has 0 radical (unpaired) electrons. The van der Waals surface area contributed by atoms with E-state index in [0.717, 1.165) is 16.7 Å². The Bertz CT molecular complexity index is 1780. The largest absolute Gasteiger partial charge is 0.372 e. The zero-order valence-corrected chi connectivity index (χ0v) is 31.4. The number of methoxy groups -OCH3 is 1. The molecule has 276 valence electrons. The Hall–Kier alpha value is -4.23. The molecule has 0 unspecified atom stereocenters. The molecular formula is C38H51N5O7S. The van der Waals surface area contributed by atoms with Gasteiger partial charge in [-0.2, -0.15) is 0 Å². The molecule has 51 heavy (non-hydrogen) atoms. The summed E-state index contributed by atoms with van der Waals surface area (Å²) in [6.07, 6.45) is 2.64. The van der Waals surface area contributed by atoms with Crippen molar-refractivity contribution in [2.45, 2.75) is 101 Å². The van der Waals surface area contributed by atoms with E-state index in [9.17, 15) is 27.6 Å². The van der Waals surface area contributed by atoms with Crippen LogP contribution in [0.3, 0.4) is 0 Å². The molecule has 0 spiro atoms. The summed E-state index contributed by atoms with van der Waals surface area (Å²) >= 11 is 0. The number of carbonyl (C=O) groups is 4. The summed E-state index contributed by atoms with van der Waals surface area (Å²) in [7, 11) is -2.37. The molecule has 12 nitrogen and oxygen atoms in total. The van der Waals surface area contributed by atoms with Crippen LogP contribution >= 0.6 is 0 Å². The molecule has 2 aliphatic carbocycles. The second-order valence-corrected chi connectivity index (χ2v) is 18.1. The van der Waals surface area contributed by atoms with E-state index >= 15 is 0 Å². The summed E-state index contributed by atoms with van der Waals surface area (Å²) in [6, 6.07) is 14.9. The minimum atomic E-state index is -3.89. The molecule has 13 heteroatoms. The highest BCUT2D eigenvalue weighted by molar-refractivity contribution is 7.91. The van der Waals surface area contributed by atoms with Gasteiger partial charge in [0.1, 0.15) is 23.2 Å². The highest BCUT2D eigenvalue weighted by atomic mass is 32.2. The number of carbonyl (C=O) groups excluding carboxylic acids is 4. The summed E-state index contributed by atoms with van der Waals surface area (Å²) in [6.45, 7) is 14.7. The van der Waals surface area contributed by atoms with Crippen molar-refractivity contribution in [2.75, 3.05) is 13.7 Å². The van der Waals surface area contributed by atoms with Crippen molar-refractivity contribution >= 4 is 33.8 Å². The third kappa shape index (κ3) is 8.14. The second-order valence-electron chi connectivity index (χ2n) is 16.2. The monoisotopic (exact) mass is 721 g/mol. The van der Waals surface area contributed by atoms with Gasteiger partial charge < -0.3 is 25.6 Å². The number of rotatable bonds is 11. The number of hydrogen-bond donors (Lipinski definition) is 4. The van der Waals surface area contributed by atoms with Crippen LogP contribution in [0.2, 0.25) is 0 Å². The van der Waals surface area contributed by atoms with Crippen molar-refractivity contribution in [3.05, 3.63) is 72.8 Å². The number of amides is 5. The number of urea groups is 1. The maximum absolute atomic E-state index is 14.7. The van der Waals surface area contributed by atoms with E-state index in [1.54, 1.807) is 0 Å². The van der Waals surface area contributed by atoms with Crippen LogP contribution in [-0.4, -0.2) is 79.1 Å². The van der Waals surface area contributed by atoms with Crippen LogP contribution in [0.4, 0.5) is 4.79 Å². The molecule has 5 amide bonds. The Kier molecular flexibility index (Phi) is 10.2. The van der Waals surface area contributed by atoms with Gasteiger partial charge in [0.2, 0.25) is 21.8 Å². The second kappa shape index (κ2) is 13.7. The molecule has 1 saturated heterocycles. The fraction of sp³-hybridized carbons (Fsp3) is 0.526. The van der Waals surface area contributed by atoms with Crippen LogP contribution in [0, 0.1) is 11.3 Å². The topological polar surface area (TPSA) is 163 Å². The van der Waals surface area contributed by atoms with Gasteiger partial charge in [0.05, 0.1) is 11.8 Å². The van der Waals surface area contributed by atoms with E-state index in [4.69, 9.17) is 4.74 Å². The first-order valence-electron chi connectivity index (χ1n) is 17.4. The summed E-state index contributed by atoms with van der Waals surface area (Å²) in [5, 5.41) is 7.88. The molecule has 1 aliphatic heterocycles. The first-order chi connectivity index (χ1) is 23.7. The summed E-state index contributed by atoms with van der Waals surface area (Å²) in [5.74, 6) is -2.48. The molecule has 2 aromatic rings. The van der Waals surface area contributed by atoms with Crippen molar-refractivity contribution in [3.63, 3.8) is 0 Å². The van der Waals surface area contributed by atoms with E-state index in [0.29, 0.717) is 12.8 Å². The van der Waals surface area contributed by atoms with E-state index in [2.05, 4.69) is 27.3 Å². The van der Waals surface area contributed by atoms with Crippen LogP contribution in [0.25, 0.3) is 11.1 Å². The zero-order chi connectivity index (χ0) is 37.6. The maximum Gasteiger partial charge on any atom is 0.315 e. The average Bonchev–Trinajstić information content (AvgIpc) is 3.99. The Morgan fingerprint density at radius 2 is 1.55 bits per heavy atom. The normalized spacial score (nSPS) is 25.4. The SMILES string of the molecule is C=C[C@@H]1C[C@]1(NC(=O)[C@@H]1C[C@@](OC)(c2ccc(-c3ccccc3)cc2)CN1C(=O)[C@@H](NC(=O)NC(C)(C)C)C(C)(C)C)C(=O)NS(=O)(=O)C1CC1. The quantitative estimate of drug-likeness (QED) is 0.255. The predicted molar refractivity (Wildman–Crippen MR) is 195 cm³/mol. The summed E-state index contributed by atoms with van der Waals surface area (Å²) < 4.78 is 33.8. The molecule has 2 saturated carbocycles. The van der Waals surface area contributed by atoms with E-state index < -0.39 is 79.1 Å². The predicted octanol–water partition coefficient (Wildman–Crippen LogP) is 3.98. The molecule has 2 aromatic carbocycles. The molecule has 3 fully saturated rings. The van der Waals surface area contributed by atoms with Crippen molar-refractivity contribution in [2.24, 2.45) is 11.3 Å². The lowest BCUT2D eigenvalue weighted by molar-refractivity contribution is -0.143. The Labute approximate surface area is 301 Å². The van der Waals surface area contributed by atoms with Crippen molar-refractivity contribution in [3.8, 4) is 11.1 Å². The lowest BCUT2D eigenvalue weighted by Crippen LogP contribution is -2.61. The standard InChI is InChI=1S/C38H51N5O7S/c1-9-26-21-38(26,33(46)42-51(48,49)28-19-20-28)40-31(44)29-22-37(50-8,27-17-15-25(16-18-27)24-13-11-10-12-14-24)23-43(29)32(45)30(35(2,3)4)39-34(47)41-36(5,6)7/h9-18,26,28-30H,1,19-23H2,2-8H3,(H,40,44)(H,42,46)(H2,39,41,47)/t26-,29+,30-,37+,38-/m1/s1. The van der Waals surface area contributed by atoms with Crippen LogP contribution in [-0.2, 0) is 34.7 Å². The van der Waals surface area contributed by atoms with Crippen LogP contribution < -0.4 is 20.7 Å². The van der Waals surface area contributed by atoms with Gasteiger partial charge in [0.15, 0.2) is 0 Å². The smallest absolute Gasteiger partial charge is 0.315 e. The minimum Gasteiger partial charge on any atom is -0.372 e. The number of nitrogens with zero attached hydrogens (tertiary/aromatic N) is 1. The fourth-order valence-electron chi connectivity index (χ4n) is 6.75. The Morgan fingerprint density at radius 1 is 0.941 bits per heavy atom. The number of sulfonamides is 1. The van der Waals surface area contributed by atoms with Crippen molar-refractivity contribution in [1.82, 2.24) is 25.6 Å². The van der Waals surface area contributed by atoms with Crippen LogP contribution in [0.15, 0.2) is 67.3 Å². The zero-order valence-electron chi connectivity index (χ0n) is 30.5. The molecule has 4 N–H and O–H groups in total. The lowest BCUT2D eigenvalue weighted by Gasteiger charge is -2.36. The molecular weight excluding hydrogens is 671 g/mol. The van der Waals surface area contributed by atoms with Gasteiger partial charge in [-0.15, -0.1) is 6.58 Å². The van der Waals surface area contributed by atoms with Gasteiger partial charge in [0, 0.05) is 25.0 Å².